The molecule has 1 aromatic rings. The molecule has 1 rings (SSSR count). The van der Waals surface area contributed by atoms with Gasteiger partial charge in [-0.3, -0.25) is 4.79 Å². The largest absolute Gasteiger partial charge is 0.573 e. The third-order valence-electron chi connectivity index (χ3n) is 1.99. The Morgan fingerprint density at radius 2 is 2.06 bits per heavy atom. The minimum atomic E-state index is -4.99. The minimum absolute atomic E-state index is 0.164. The molecule has 0 aromatic heterocycles. The van der Waals surface area contributed by atoms with Crippen LogP contribution in [0.15, 0.2) is 18.2 Å². The highest BCUT2D eigenvalue weighted by Crippen LogP contribution is 2.26. The van der Waals surface area contributed by atoms with Crippen LogP contribution in [0, 0.1) is 5.82 Å². The van der Waals surface area contributed by atoms with Crippen molar-refractivity contribution >= 4 is 5.97 Å². The number of hydrogen-bond donors (Lipinski definition) is 2. The molecule has 1 unspecified atom stereocenters. The first-order valence-electron chi connectivity index (χ1n) is 4.71. The molecule has 1 atom stereocenters. The van der Waals surface area contributed by atoms with Gasteiger partial charge in [0.15, 0.2) is 11.6 Å². The normalized spacial score (nSPS) is 13.2. The van der Waals surface area contributed by atoms with Gasteiger partial charge in [0.2, 0.25) is 0 Å². The van der Waals surface area contributed by atoms with Gasteiger partial charge >= 0.3 is 12.3 Å². The van der Waals surface area contributed by atoms with E-state index >= 15 is 0 Å². The molecule has 0 radical (unpaired) electrons. The SMILES string of the molecule is NC(Cc1ccc(OC(F)(F)F)c(F)c1)C(=O)O. The van der Waals surface area contributed by atoms with E-state index in [9.17, 15) is 22.4 Å². The number of benzene rings is 1. The molecular weight excluding hydrogens is 258 g/mol. The van der Waals surface area contributed by atoms with Crippen LogP contribution in [0.4, 0.5) is 17.6 Å². The van der Waals surface area contributed by atoms with Gasteiger partial charge in [-0.25, -0.2) is 4.39 Å². The van der Waals surface area contributed by atoms with Crippen LogP contribution < -0.4 is 10.5 Å². The number of rotatable bonds is 4. The van der Waals surface area contributed by atoms with E-state index in [1.54, 1.807) is 0 Å². The van der Waals surface area contributed by atoms with Gasteiger partial charge in [0.05, 0.1) is 0 Å². The Labute approximate surface area is 99.0 Å². The van der Waals surface area contributed by atoms with Gasteiger partial charge < -0.3 is 15.6 Å². The number of ether oxygens (including phenoxy) is 1. The Morgan fingerprint density at radius 1 is 1.44 bits per heavy atom. The number of carboxylic acid groups (broad SMARTS) is 1. The van der Waals surface area contributed by atoms with Crippen LogP contribution >= 0.6 is 0 Å². The summed E-state index contributed by atoms with van der Waals surface area (Å²) in [6, 6.07) is 1.39. The van der Waals surface area contributed by atoms with E-state index < -0.39 is 29.9 Å². The average molecular weight is 267 g/mol. The monoisotopic (exact) mass is 267 g/mol. The molecule has 1 aromatic carbocycles. The van der Waals surface area contributed by atoms with E-state index in [0.717, 1.165) is 18.2 Å². The lowest BCUT2D eigenvalue weighted by Gasteiger charge is -2.11. The molecule has 18 heavy (non-hydrogen) atoms. The summed E-state index contributed by atoms with van der Waals surface area (Å²) in [6.07, 6.45) is -5.18. The molecule has 0 aliphatic heterocycles. The van der Waals surface area contributed by atoms with Crippen LogP contribution in [0.3, 0.4) is 0 Å². The van der Waals surface area contributed by atoms with Crippen LogP contribution in [-0.4, -0.2) is 23.5 Å². The molecular formula is C10H9F4NO3. The molecule has 100 valence electrons. The molecule has 0 saturated carbocycles. The molecule has 0 saturated heterocycles. The second-order valence-corrected chi connectivity index (χ2v) is 3.46. The van der Waals surface area contributed by atoms with Crippen LogP contribution in [0.2, 0.25) is 0 Å². The average Bonchev–Trinajstić information content (AvgIpc) is 2.20. The van der Waals surface area contributed by atoms with Crippen molar-refractivity contribution in [2.45, 2.75) is 18.8 Å². The van der Waals surface area contributed by atoms with Crippen molar-refractivity contribution in [2.24, 2.45) is 5.73 Å². The van der Waals surface area contributed by atoms with E-state index in [1.807, 2.05) is 0 Å². The number of halogens is 4. The third-order valence-corrected chi connectivity index (χ3v) is 1.99. The highest BCUT2D eigenvalue weighted by atomic mass is 19.4. The van der Waals surface area contributed by atoms with Crippen LogP contribution in [0.5, 0.6) is 5.75 Å². The number of nitrogens with two attached hydrogens (primary N) is 1. The summed E-state index contributed by atoms with van der Waals surface area (Å²) in [7, 11) is 0. The molecule has 0 bridgehead atoms. The van der Waals surface area contributed by atoms with Crippen LogP contribution in [0.25, 0.3) is 0 Å². The minimum Gasteiger partial charge on any atom is -0.480 e. The van der Waals surface area contributed by atoms with E-state index in [0.29, 0.717) is 0 Å². The summed E-state index contributed by atoms with van der Waals surface area (Å²) in [5, 5.41) is 8.53. The predicted octanol–water partition coefficient (Wildman–Crippen LogP) is 1.68. The molecule has 0 spiro atoms. The smallest absolute Gasteiger partial charge is 0.480 e. The van der Waals surface area contributed by atoms with Gasteiger partial charge in [-0.1, -0.05) is 6.07 Å². The maximum atomic E-state index is 13.2. The zero-order valence-corrected chi connectivity index (χ0v) is 8.87. The summed E-state index contributed by atoms with van der Waals surface area (Å²) >= 11 is 0. The van der Waals surface area contributed by atoms with Gasteiger partial charge in [0, 0.05) is 0 Å². The molecule has 0 fully saturated rings. The number of carbonyl (C=O) groups is 1. The first-order chi connectivity index (χ1) is 8.19. The van der Waals surface area contributed by atoms with E-state index in [-0.39, 0.29) is 12.0 Å². The van der Waals surface area contributed by atoms with Crippen LogP contribution in [-0.2, 0) is 11.2 Å². The van der Waals surface area contributed by atoms with Gasteiger partial charge in [-0.05, 0) is 24.1 Å². The van der Waals surface area contributed by atoms with Gasteiger partial charge in [-0.2, -0.15) is 0 Å². The van der Waals surface area contributed by atoms with Crippen molar-refractivity contribution in [3.8, 4) is 5.75 Å². The summed E-state index contributed by atoms with van der Waals surface area (Å²) in [6.45, 7) is 0. The molecule has 3 N–H and O–H groups in total. The Balaban J connectivity index is 2.83. The fourth-order valence-electron chi connectivity index (χ4n) is 1.22. The number of aliphatic carboxylic acids is 1. The highest BCUT2D eigenvalue weighted by molar-refractivity contribution is 5.73. The van der Waals surface area contributed by atoms with Crippen molar-refractivity contribution in [3.05, 3.63) is 29.6 Å². The lowest BCUT2D eigenvalue weighted by Crippen LogP contribution is -2.32. The third kappa shape index (κ3) is 4.21. The highest BCUT2D eigenvalue weighted by Gasteiger charge is 2.32. The van der Waals surface area contributed by atoms with Crippen molar-refractivity contribution in [1.29, 1.82) is 0 Å². The lowest BCUT2D eigenvalue weighted by atomic mass is 10.1. The molecule has 0 amide bonds. The topological polar surface area (TPSA) is 72.5 Å². The second-order valence-electron chi connectivity index (χ2n) is 3.46. The Hall–Kier alpha value is -1.83. The summed E-state index contributed by atoms with van der Waals surface area (Å²) in [4.78, 5) is 10.5. The van der Waals surface area contributed by atoms with E-state index in [4.69, 9.17) is 10.8 Å². The quantitative estimate of drug-likeness (QED) is 0.814. The van der Waals surface area contributed by atoms with E-state index in [1.165, 1.54) is 0 Å². The number of alkyl halides is 3. The first-order valence-corrected chi connectivity index (χ1v) is 4.71. The molecule has 0 aliphatic rings. The van der Waals surface area contributed by atoms with Gasteiger partial charge in [0.1, 0.15) is 6.04 Å². The molecule has 0 aliphatic carbocycles. The van der Waals surface area contributed by atoms with Crippen molar-refractivity contribution in [3.63, 3.8) is 0 Å². The summed E-state index contributed by atoms with van der Waals surface area (Å²) in [5.74, 6) is -3.50. The van der Waals surface area contributed by atoms with Crippen molar-refractivity contribution in [1.82, 2.24) is 0 Å². The van der Waals surface area contributed by atoms with Crippen molar-refractivity contribution in [2.75, 3.05) is 0 Å². The van der Waals surface area contributed by atoms with Crippen LogP contribution in [0.1, 0.15) is 5.56 Å². The Bertz CT molecular complexity index is 447. The summed E-state index contributed by atoms with van der Waals surface area (Å²) in [5.41, 5.74) is 5.37. The fraction of sp³-hybridized carbons (Fsp3) is 0.300. The number of carboxylic acids is 1. The molecule has 8 heteroatoms. The Morgan fingerprint density at radius 3 is 2.50 bits per heavy atom. The maximum Gasteiger partial charge on any atom is 0.573 e. The number of hydrogen-bond acceptors (Lipinski definition) is 3. The molecule has 4 nitrogen and oxygen atoms in total. The van der Waals surface area contributed by atoms with E-state index in [2.05, 4.69) is 4.74 Å². The molecule has 0 heterocycles. The Kier molecular flexibility index (Phi) is 4.12. The predicted molar refractivity (Wildman–Crippen MR) is 52.4 cm³/mol. The standard InChI is InChI=1S/C10H9F4NO3/c11-6-3-5(4-7(15)9(16)17)1-2-8(6)18-10(12,13)14/h1-3,7H,4,15H2,(H,16,17). The van der Waals surface area contributed by atoms with Gasteiger partial charge in [0.25, 0.3) is 0 Å². The first kappa shape index (κ1) is 14.2. The zero-order valence-electron chi connectivity index (χ0n) is 8.87. The second kappa shape index (κ2) is 5.21. The maximum absolute atomic E-state index is 13.2. The fourth-order valence-corrected chi connectivity index (χ4v) is 1.22. The lowest BCUT2D eigenvalue weighted by molar-refractivity contribution is -0.275. The van der Waals surface area contributed by atoms with Gasteiger partial charge in [-0.15, -0.1) is 13.2 Å². The summed E-state index contributed by atoms with van der Waals surface area (Å²) < 4.78 is 52.2. The van der Waals surface area contributed by atoms with Crippen molar-refractivity contribution < 1.29 is 32.2 Å². The zero-order chi connectivity index (χ0) is 13.9.